The number of thioether (sulfide) groups is 1. The molecule has 0 aliphatic carbocycles. The fourth-order valence-electron chi connectivity index (χ4n) is 2.19. The molecule has 88 valence electrons. The van der Waals surface area contributed by atoms with Crippen LogP contribution < -0.4 is 5.32 Å². The van der Waals surface area contributed by atoms with Crippen molar-refractivity contribution in [3.05, 3.63) is 29.6 Å². The van der Waals surface area contributed by atoms with Crippen LogP contribution in [0.4, 0.5) is 4.39 Å². The first-order chi connectivity index (χ1) is 7.58. The monoisotopic (exact) mass is 239 g/mol. The lowest BCUT2D eigenvalue weighted by atomic mass is 10.0. The highest BCUT2D eigenvalue weighted by Crippen LogP contribution is 2.41. The van der Waals surface area contributed by atoms with Gasteiger partial charge in [-0.15, -0.1) is 11.8 Å². The first kappa shape index (κ1) is 11.9. The summed E-state index contributed by atoms with van der Waals surface area (Å²) in [6.45, 7) is 6.42. The summed E-state index contributed by atoms with van der Waals surface area (Å²) in [6.07, 6.45) is 1.07. The number of hydrogen-bond donors (Lipinski definition) is 1. The van der Waals surface area contributed by atoms with E-state index in [2.05, 4.69) is 26.1 Å². The van der Waals surface area contributed by atoms with Crippen LogP contribution in [0.25, 0.3) is 0 Å². The highest BCUT2D eigenvalue weighted by atomic mass is 32.2. The molecule has 1 aliphatic heterocycles. The van der Waals surface area contributed by atoms with Crippen molar-refractivity contribution < 1.29 is 4.39 Å². The average Bonchev–Trinajstić information content (AvgIpc) is 2.18. The van der Waals surface area contributed by atoms with E-state index in [1.165, 1.54) is 0 Å². The number of benzene rings is 1. The first-order valence-electron chi connectivity index (χ1n) is 5.79. The molecule has 0 bridgehead atoms. The van der Waals surface area contributed by atoms with Crippen molar-refractivity contribution in [1.29, 1.82) is 0 Å². The van der Waals surface area contributed by atoms with Gasteiger partial charge in [0.25, 0.3) is 0 Å². The van der Waals surface area contributed by atoms with Gasteiger partial charge >= 0.3 is 0 Å². The molecule has 0 fully saturated rings. The van der Waals surface area contributed by atoms with Gasteiger partial charge in [-0.2, -0.15) is 0 Å². The van der Waals surface area contributed by atoms with Gasteiger partial charge in [0.05, 0.1) is 0 Å². The minimum Gasteiger partial charge on any atom is -0.308 e. The SMILES string of the molecule is CC(C)NC1CC(C)Sc2c(F)cccc21. The predicted molar refractivity (Wildman–Crippen MR) is 67.3 cm³/mol. The normalized spacial score (nSPS) is 24.6. The lowest BCUT2D eigenvalue weighted by Crippen LogP contribution is -2.32. The Bertz CT molecular complexity index is 378. The van der Waals surface area contributed by atoms with Crippen LogP contribution in [0.5, 0.6) is 0 Å². The van der Waals surface area contributed by atoms with Gasteiger partial charge in [0.1, 0.15) is 5.82 Å². The van der Waals surface area contributed by atoms with Gasteiger partial charge in [-0.3, -0.25) is 0 Å². The van der Waals surface area contributed by atoms with Crippen LogP contribution in [-0.4, -0.2) is 11.3 Å². The molecule has 1 aliphatic rings. The van der Waals surface area contributed by atoms with Crippen LogP contribution in [-0.2, 0) is 0 Å². The van der Waals surface area contributed by atoms with Gasteiger partial charge in [-0.25, -0.2) is 4.39 Å². The summed E-state index contributed by atoms with van der Waals surface area (Å²) in [7, 11) is 0. The quantitative estimate of drug-likeness (QED) is 0.843. The summed E-state index contributed by atoms with van der Waals surface area (Å²) < 4.78 is 13.7. The second-order valence-electron chi connectivity index (χ2n) is 4.70. The third kappa shape index (κ3) is 2.41. The Hall–Kier alpha value is -0.540. The van der Waals surface area contributed by atoms with Gasteiger partial charge in [0.15, 0.2) is 0 Å². The van der Waals surface area contributed by atoms with Crippen molar-refractivity contribution in [1.82, 2.24) is 5.32 Å². The number of rotatable bonds is 2. The molecule has 16 heavy (non-hydrogen) atoms. The van der Waals surface area contributed by atoms with Crippen LogP contribution in [0.15, 0.2) is 23.1 Å². The molecule has 2 rings (SSSR count). The molecule has 0 spiro atoms. The van der Waals surface area contributed by atoms with E-state index >= 15 is 0 Å². The van der Waals surface area contributed by atoms with Crippen LogP contribution in [0.3, 0.4) is 0 Å². The standard InChI is InChI=1S/C13H18FNS/c1-8(2)15-12-7-9(3)16-13-10(12)5-4-6-11(13)14/h4-6,8-9,12,15H,7H2,1-3H3. The number of halogens is 1. The largest absolute Gasteiger partial charge is 0.308 e. The third-order valence-corrected chi connectivity index (χ3v) is 4.06. The zero-order valence-electron chi connectivity index (χ0n) is 9.96. The highest BCUT2D eigenvalue weighted by molar-refractivity contribution is 8.00. The van der Waals surface area contributed by atoms with Gasteiger partial charge in [0, 0.05) is 22.2 Å². The van der Waals surface area contributed by atoms with Crippen molar-refractivity contribution >= 4 is 11.8 Å². The molecule has 0 saturated carbocycles. The minimum absolute atomic E-state index is 0.0791. The first-order valence-corrected chi connectivity index (χ1v) is 6.67. The maximum absolute atomic E-state index is 13.7. The summed E-state index contributed by atoms with van der Waals surface area (Å²) in [6, 6.07) is 6.12. The van der Waals surface area contributed by atoms with Crippen LogP contribution in [0.1, 0.15) is 38.8 Å². The molecule has 1 aromatic carbocycles. The number of fused-ring (bicyclic) bond motifs is 1. The van der Waals surface area contributed by atoms with Crippen LogP contribution in [0.2, 0.25) is 0 Å². The summed E-state index contributed by atoms with van der Waals surface area (Å²) in [5.41, 5.74) is 1.12. The van der Waals surface area contributed by atoms with Gasteiger partial charge in [0.2, 0.25) is 0 Å². The van der Waals surface area contributed by atoms with Crippen LogP contribution >= 0.6 is 11.8 Å². The molecule has 0 radical (unpaired) electrons. The molecule has 1 aromatic rings. The van der Waals surface area contributed by atoms with E-state index in [0.29, 0.717) is 17.3 Å². The summed E-state index contributed by atoms with van der Waals surface area (Å²) >= 11 is 1.65. The molecule has 0 amide bonds. The van der Waals surface area contributed by atoms with Gasteiger partial charge in [-0.05, 0) is 18.1 Å². The molecule has 0 aromatic heterocycles. The topological polar surface area (TPSA) is 12.0 Å². The summed E-state index contributed by atoms with van der Waals surface area (Å²) in [5.74, 6) is -0.0791. The zero-order valence-corrected chi connectivity index (χ0v) is 10.8. The Morgan fingerprint density at radius 2 is 2.19 bits per heavy atom. The Balaban J connectivity index is 2.34. The maximum atomic E-state index is 13.7. The summed E-state index contributed by atoms with van der Waals surface area (Å²) in [5, 5.41) is 3.99. The second-order valence-corrected chi connectivity index (χ2v) is 6.14. The average molecular weight is 239 g/mol. The lowest BCUT2D eigenvalue weighted by Gasteiger charge is -2.31. The molecule has 3 heteroatoms. The van der Waals surface area contributed by atoms with Crippen molar-refractivity contribution in [2.24, 2.45) is 0 Å². The van der Waals surface area contributed by atoms with E-state index in [9.17, 15) is 4.39 Å². The minimum atomic E-state index is -0.0791. The molecule has 0 saturated heterocycles. The second kappa shape index (κ2) is 4.76. The van der Waals surface area contributed by atoms with E-state index in [4.69, 9.17) is 0 Å². The van der Waals surface area contributed by atoms with Crippen molar-refractivity contribution in [2.45, 2.75) is 49.4 Å². The lowest BCUT2D eigenvalue weighted by molar-refractivity contribution is 0.435. The fraction of sp³-hybridized carbons (Fsp3) is 0.538. The van der Waals surface area contributed by atoms with E-state index in [0.717, 1.165) is 16.9 Å². The predicted octanol–water partition coefficient (Wildman–Crippen LogP) is 3.75. The molecule has 2 unspecified atom stereocenters. The Morgan fingerprint density at radius 3 is 2.88 bits per heavy atom. The highest BCUT2D eigenvalue weighted by Gasteiger charge is 2.27. The summed E-state index contributed by atoms with van der Waals surface area (Å²) in [4.78, 5) is 0.833. The molecule has 1 N–H and O–H groups in total. The molecule has 1 heterocycles. The molecular formula is C13H18FNS. The fourth-order valence-corrected chi connectivity index (χ4v) is 3.41. The number of hydrogen-bond acceptors (Lipinski definition) is 2. The molecule has 2 atom stereocenters. The van der Waals surface area contributed by atoms with Crippen molar-refractivity contribution in [2.75, 3.05) is 0 Å². The van der Waals surface area contributed by atoms with E-state index in [-0.39, 0.29) is 5.82 Å². The van der Waals surface area contributed by atoms with Crippen molar-refractivity contribution in [3.63, 3.8) is 0 Å². The maximum Gasteiger partial charge on any atom is 0.137 e. The van der Waals surface area contributed by atoms with E-state index in [1.54, 1.807) is 23.9 Å². The number of nitrogens with one attached hydrogen (secondary N) is 1. The van der Waals surface area contributed by atoms with Crippen LogP contribution in [0, 0.1) is 5.82 Å². The zero-order chi connectivity index (χ0) is 11.7. The Morgan fingerprint density at radius 1 is 1.44 bits per heavy atom. The molecular weight excluding hydrogens is 221 g/mol. The van der Waals surface area contributed by atoms with E-state index in [1.807, 2.05) is 6.07 Å². The Labute approximate surface area is 101 Å². The Kier molecular flexibility index (Phi) is 3.55. The van der Waals surface area contributed by atoms with Gasteiger partial charge in [-0.1, -0.05) is 32.9 Å². The molecule has 1 nitrogen and oxygen atoms in total. The van der Waals surface area contributed by atoms with E-state index < -0.39 is 0 Å². The van der Waals surface area contributed by atoms with Gasteiger partial charge < -0.3 is 5.32 Å². The third-order valence-electron chi connectivity index (χ3n) is 2.79. The smallest absolute Gasteiger partial charge is 0.137 e. The van der Waals surface area contributed by atoms with Crippen molar-refractivity contribution in [3.8, 4) is 0 Å².